The number of nitrogens with zero attached hydrogens (tertiary/aromatic N) is 1. The predicted octanol–water partition coefficient (Wildman–Crippen LogP) is -0.0441. The second-order valence-electron chi connectivity index (χ2n) is 4.52. The van der Waals surface area contributed by atoms with Crippen molar-refractivity contribution in [3.8, 4) is 0 Å². The van der Waals surface area contributed by atoms with Crippen LogP contribution in [0, 0.1) is 0 Å². The number of hydrogen-bond acceptors (Lipinski definition) is 5. The van der Waals surface area contributed by atoms with Gasteiger partial charge >= 0.3 is 5.97 Å². The van der Waals surface area contributed by atoms with Crippen LogP contribution in [0.2, 0.25) is 0 Å². The molecule has 18 heavy (non-hydrogen) atoms. The topological polar surface area (TPSA) is 65.1 Å². The number of rotatable bonds is 2. The zero-order chi connectivity index (χ0) is 13.0. The van der Waals surface area contributed by atoms with Gasteiger partial charge in [-0.3, -0.25) is 4.79 Å². The normalized spacial score (nSPS) is 28.8. The van der Waals surface area contributed by atoms with Crippen molar-refractivity contribution in [2.75, 3.05) is 33.4 Å². The Labute approximate surface area is 106 Å². The smallest absolute Gasteiger partial charge is 0.336 e. The summed E-state index contributed by atoms with van der Waals surface area (Å²) in [7, 11) is 1.32. The summed E-state index contributed by atoms with van der Waals surface area (Å²) in [5, 5.41) is 0. The van der Waals surface area contributed by atoms with Crippen molar-refractivity contribution in [2.24, 2.45) is 0 Å². The Morgan fingerprint density at radius 1 is 1.17 bits per heavy atom. The van der Waals surface area contributed by atoms with Crippen molar-refractivity contribution in [1.29, 1.82) is 0 Å². The van der Waals surface area contributed by atoms with Gasteiger partial charge in [-0.05, 0) is 19.3 Å². The first-order chi connectivity index (χ1) is 8.72. The Balaban J connectivity index is 1.91. The van der Waals surface area contributed by atoms with Gasteiger partial charge in [0.2, 0.25) is 0 Å². The van der Waals surface area contributed by atoms with Gasteiger partial charge in [0.25, 0.3) is 5.91 Å². The molecule has 6 nitrogen and oxygen atoms in total. The molecule has 0 bridgehead atoms. The summed E-state index contributed by atoms with van der Waals surface area (Å²) in [5.74, 6) is -0.469. The number of amides is 1. The van der Waals surface area contributed by atoms with Crippen molar-refractivity contribution in [1.82, 2.24) is 4.90 Å². The first kappa shape index (κ1) is 13.3. The Morgan fingerprint density at radius 2 is 1.94 bits per heavy atom. The van der Waals surface area contributed by atoms with Crippen LogP contribution in [0.3, 0.4) is 0 Å². The molecule has 0 aromatic carbocycles. The van der Waals surface area contributed by atoms with E-state index in [1.165, 1.54) is 7.11 Å². The van der Waals surface area contributed by atoms with Gasteiger partial charge in [-0.25, -0.2) is 4.79 Å². The van der Waals surface area contributed by atoms with E-state index in [4.69, 9.17) is 9.47 Å². The van der Waals surface area contributed by atoms with Crippen molar-refractivity contribution >= 4 is 11.9 Å². The molecule has 2 heterocycles. The van der Waals surface area contributed by atoms with Crippen LogP contribution in [0.25, 0.3) is 0 Å². The van der Waals surface area contributed by atoms with E-state index in [9.17, 15) is 9.59 Å². The molecule has 0 aliphatic carbocycles. The molecular formula is C12H19NO5. The molecule has 6 heteroatoms. The molecule has 0 spiro atoms. The highest BCUT2D eigenvalue weighted by Gasteiger charge is 2.33. The van der Waals surface area contributed by atoms with Gasteiger partial charge in [-0.2, -0.15) is 0 Å². The molecule has 2 saturated heterocycles. The number of hydrogen-bond donors (Lipinski definition) is 0. The highest BCUT2D eigenvalue weighted by molar-refractivity contribution is 5.82. The third-order valence-electron chi connectivity index (χ3n) is 3.30. The molecule has 2 atom stereocenters. The summed E-state index contributed by atoms with van der Waals surface area (Å²) >= 11 is 0. The van der Waals surface area contributed by atoms with Crippen LogP contribution in [-0.4, -0.2) is 62.4 Å². The van der Waals surface area contributed by atoms with Crippen LogP contribution in [0.5, 0.6) is 0 Å². The van der Waals surface area contributed by atoms with E-state index in [1.54, 1.807) is 4.90 Å². The summed E-state index contributed by atoms with van der Waals surface area (Å²) in [6, 6.07) is 0. The lowest BCUT2D eigenvalue weighted by molar-refractivity contribution is -0.166. The fraction of sp³-hybridized carbons (Fsp3) is 0.833. The molecule has 2 aliphatic rings. The van der Waals surface area contributed by atoms with Gasteiger partial charge in [-0.15, -0.1) is 0 Å². The van der Waals surface area contributed by atoms with Gasteiger partial charge in [0, 0.05) is 13.2 Å². The fourth-order valence-electron chi connectivity index (χ4n) is 2.26. The van der Waals surface area contributed by atoms with Gasteiger partial charge in [0.05, 0.1) is 20.3 Å². The average Bonchev–Trinajstić information content (AvgIpc) is 2.46. The van der Waals surface area contributed by atoms with Crippen LogP contribution in [-0.2, 0) is 23.8 Å². The first-order valence-electron chi connectivity index (χ1n) is 6.32. The van der Waals surface area contributed by atoms with E-state index in [0.29, 0.717) is 19.8 Å². The van der Waals surface area contributed by atoms with Crippen LogP contribution >= 0.6 is 0 Å². The lowest BCUT2D eigenvalue weighted by Gasteiger charge is -2.34. The zero-order valence-corrected chi connectivity index (χ0v) is 10.6. The van der Waals surface area contributed by atoms with E-state index < -0.39 is 12.1 Å². The molecule has 0 aromatic rings. The van der Waals surface area contributed by atoms with Gasteiger partial charge in [0.15, 0.2) is 6.10 Å². The first-order valence-corrected chi connectivity index (χ1v) is 6.32. The molecule has 0 N–H and O–H groups in total. The number of morpholine rings is 1. The minimum atomic E-state index is -0.670. The second kappa shape index (κ2) is 6.15. The van der Waals surface area contributed by atoms with E-state index in [0.717, 1.165) is 19.3 Å². The number of carbonyl (C=O) groups excluding carboxylic acids is 2. The summed E-state index contributed by atoms with van der Waals surface area (Å²) < 4.78 is 15.4. The molecular weight excluding hydrogens is 238 g/mol. The Morgan fingerprint density at radius 3 is 2.61 bits per heavy atom. The quantitative estimate of drug-likeness (QED) is 0.649. The van der Waals surface area contributed by atoms with Crippen LogP contribution in [0.1, 0.15) is 19.3 Å². The third-order valence-corrected chi connectivity index (χ3v) is 3.30. The number of ether oxygens (including phenoxy) is 3. The van der Waals surface area contributed by atoms with Crippen LogP contribution in [0.15, 0.2) is 0 Å². The van der Waals surface area contributed by atoms with Gasteiger partial charge in [-0.1, -0.05) is 0 Å². The molecule has 0 aromatic heterocycles. The number of carbonyl (C=O) groups is 2. The Kier molecular flexibility index (Phi) is 4.54. The van der Waals surface area contributed by atoms with Crippen molar-refractivity contribution < 1.29 is 23.8 Å². The second-order valence-corrected chi connectivity index (χ2v) is 4.52. The maximum Gasteiger partial charge on any atom is 0.336 e. The summed E-state index contributed by atoms with van der Waals surface area (Å²) in [4.78, 5) is 25.2. The molecule has 0 saturated carbocycles. The third kappa shape index (κ3) is 3.00. The molecule has 2 aliphatic heterocycles. The van der Waals surface area contributed by atoms with E-state index in [2.05, 4.69) is 4.74 Å². The Bertz CT molecular complexity index is 314. The van der Waals surface area contributed by atoms with Crippen molar-refractivity contribution in [3.63, 3.8) is 0 Å². The number of esters is 1. The lowest BCUT2D eigenvalue weighted by Crippen LogP contribution is -2.52. The zero-order valence-electron chi connectivity index (χ0n) is 10.6. The standard InChI is InChI=1S/C12H19NO5/c1-16-12(15)10-8-13(5-7-18-10)11(14)9-4-2-3-6-17-9/h9-10H,2-8H2,1H3. The maximum absolute atomic E-state index is 12.2. The average molecular weight is 257 g/mol. The molecule has 2 unspecified atom stereocenters. The number of methoxy groups -OCH3 is 1. The summed E-state index contributed by atoms with van der Waals surface area (Å²) in [6.45, 7) is 1.76. The lowest BCUT2D eigenvalue weighted by atomic mass is 10.1. The molecule has 1 amide bonds. The molecule has 2 fully saturated rings. The molecule has 102 valence electrons. The van der Waals surface area contributed by atoms with E-state index in [-0.39, 0.29) is 18.6 Å². The minimum absolute atomic E-state index is 0.0353. The van der Waals surface area contributed by atoms with E-state index in [1.807, 2.05) is 0 Å². The fourth-order valence-corrected chi connectivity index (χ4v) is 2.26. The van der Waals surface area contributed by atoms with Crippen molar-refractivity contribution in [2.45, 2.75) is 31.5 Å². The van der Waals surface area contributed by atoms with Crippen molar-refractivity contribution in [3.05, 3.63) is 0 Å². The van der Waals surface area contributed by atoms with Gasteiger partial charge < -0.3 is 19.1 Å². The highest BCUT2D eigenvalue weighted by Crippen LogP contribution is 2.17. The predicted molar refractivity (Wildman–Crippen MR) is 61.9 cm³/mol. The van der Waals surface area contributed by atoms with E-state index >= 15 is 0 Å². The molecule has 2 rings (SSSR count). The monoisotopic (exact) mass is 257 g/mol. The largest absolute Gasteiger partial charge is 0.467 e. The van der Waals surface area contributed by atoms with Crippen LogP contribution < -0.4 is 0 Å². The minimum Gasteiger partial charge on any atom is -0.467 e. The molecule has 0 radical (unpaired) electrons. The highest BCUT2D eigenvalue weighted by atomic mass is 16.6. The summed E-state index contributed by atoms with van der Waals surface area (Å²) in [6.07, 6.45) is 1.77. The SMILES string of the molecule is COC(=O)C1CN(C(=O)C2CCCCO2)CCO1. The van der Waals surface area contributed by atoms with Crippen LogP contribution in [0.4, 0.5) is 0 Å². The summed E-state index contributed by atoms with van der Waals surface area (Å²) in [5.41, 5.74) is 0. The maximum atomic E-state index is 12.2. The Hall–Kier alpha value is -1.14. The van der Waals surface area contributed by atoms with Gasteiger partial charge in [0.1, 0.15) is 6.10 Å².